The first-order valence-corrected chi connectivity index (χ1v) is 12.5. The Morgan fingerprint density at radius 3 is 2.15 bits per heavy atom. The lowest BCUT2D eigenvalue weighted by Crippen LogP contribution is -2.65. The zero-order valence-corrected chi connectivity index (χ0v) is 21.3. The van der Waals surface area contributed by atoms with Crippen LogP contribution in [0.1, 0.15) is 13.3 Å². The largest absolute Gasteiger partial charge is 0.477 e. The summed E-state index contributed by atoms with van der Waals surface area (Å²) in [6.45, 7) is -1.19. The molecule has 6 unspecified atom stereocenters. The van der Waals surface area contributed by atoms with E-state index in [0.29, 0.717) is 0 Å². The van der Waals surface area contributed by atoms with Crippen molar-refractivity contribution < 1.29 is 89.8 Å². The van der Waals surface area contributed by atoms with E-state index < -0.39 is 130 Å². The van der Waals surface area contributed by atoms with Crippen LogP contribution in [0.4, 0.5) is 0 Å². The zero-order valence-electron chi connectivity index (χ0n) is 21.3. The number of hydrogen-bond acceptors (Lipinski definition) is 17. The van der Waals surface area contributed by atoms with E-state index in [4.69, 9.17) is 28.8 Å². The lowest BCUT2D eigenvalue weighted by Gasteiger charge is -2.47. The molecule has 0 bridgehead atoms. The first-order valence-electron chi connectivity index (χ1n) is 12.5. The van der Waals surface area contributed by atoms with Gasteiger partial charge in [0.2, 0.25) is 0 Å². The van der Waals surface area contributed by atoms with E-state index >= 15 is 0 Å². The summed E-state index contributed by atoms with van der Waals surface area (Å²) in [5.41, 5.74) is 0. The Morgan fingerprint density at radius 2 is 1.57 bits per heavy atom. The van der Waals surface area contributed by atoms with Gasteiger partial charge >= 0.3 is 5.97 Å². The van der Waals surface area contributed by atoms with Crippen LogP contribution in [0.15, 0.2) is 0 Å². The van der Waals surface area contributed by atoms with E-state index in [0.717, 1.165) is 0 Å². The number of carboxylic acids is 1. The van der Waals surface area contributed by atoms with E-state index in [2.05, 4.69) is 0 Å². The first-order chi connectivity index (χ1) is 18.7. The summed E-state index contributed by atoms with van der Waals surface area (Å²) in [5, 5.41) is 120. The Bertz CT molecular complexity index is 832. The SMILES string of the molecule is C[C@H]1C([C@H](O)[C@H](O)CO)O[C@@](OCC2O[C@@H](O[C@@H]3C(CO)OC(O)C(O)[C@H]3O)C(O)[C@@H](O)[C@H]2O)(C(=O)O)C[C@H]1O. The normalized spacial score (nSPS) is 48.0. The van der Waals surface area contributed by atoms with E-state index in [-0.39, 0.29) is 0 Å². The highest BCUT2D eigenvalue weighted by Gasteiger charge is 2.56. The number of rotatable bonds is 10. The van der Waals surface area contributed by atoms with Gasteiger partial charge in [-0.2, -0.15) is 0 Å². The van der Waals surface area contributed by atoms with E-state index in [1.807, 2.05) is 0 Å². The van der Waals surface area contributed by atoms with Gasteiger partial charge < -0.3 is 85.0 Å². The molecule has 3 aliphatic rings. The second kappa shape index (κ2) is 13.4. The number of aliphatic carboxylic acids is 1. The molecule has 0 aliphatic carbocycles. The van der Waals surface area contributed by atoms with Crippen LogP contribution in [-0.4, -0.2) is 179 Å². The molecule has 0 radical (unpaired) electrons. The van der Waals surface area contributed by atoms with Crippen LogP contribution in [0.3, 0.4) is 0 Å². The molecule has 12 N–H and O–H groups in total. The van der Waals surface area contributed by atoms with Crippen molar-refractivity contribution in [1.82, 2.24) is 0 Å². The summed E-state index contributed by atoms with van der Waals surface area (Å²) in [5.74, 6) is -5.35. The quantitative estimate of drug-likeness (QED) is 0.112. The van der Waals surface area contributed by atoms with Gasteiger partial charge in [-0.05, 0) is 0 Å². The molecular formula is C22H38O18. The maximum Gasteiger partial charge on any atom is 0.364 e. The Labute approximate surface area is 227 Å². The minimum atomic E-state index is -2.66. The van der Waals surface area contributed by atoms with Gasteiger partial charge in [0.1, 0.15) is 61.0 Å². The number of ether oxygens (including phenoxy) is 5. The van der Waals surface area contributed by atoms with Gasteiger partial charge in [-0.3, -0.25) is 0 Å². The number of hydrogen-bond donors (Lipinski definition) is 12. The van der Waals surface area contributed by atoms with Crippen molar-refractivity contribution in [2.75, 3.05) is 19.8 Å². The van der Waals surface area contributed by atoms with Crippen molar-refractivity contribution in [2.24, 2.45) is 5.92 Å². The maximum atomic E-state index is 12.2. The van der Waals surface area contributed by atoms with Crippen LogP contribution < -0.4 is 0 Å². The molecule has 40 heavy (non-hydrogen) atoms. The predicted molar refractivity (Wildman–Crippen MR) is 122 cm³/mol. The Hall–Kier alpha value is -1.17. The molecule has 0 amide bonds. The first kappa shape index (κ1) is 33.3. The van der Waals surface area contributed by atoms with Gasteiger partial charge in [-0.15, -0.1) is 0 Å². The van der Waals surface area contributed by atoms with Crippen LogP contribution in [0.2, 0.25) is 0 Å². The molecular weight excluding hydrogens is 552 g/mol. The summed E-state index contributed by atoms with van der Waals surface area (Å²) >= 11 is 0. The molecule has 3 rings (SSSR count). The Kier molecular flexibility index (Phi) is 11.2. The van der Waals surface area contributed by atoms with Crippen LogP contribution in [0, 0.1) is 5.92 Å². The maximum absolute atomic E-state index is 12.2. The standard InChI is InChI=1S/C22H38O18/c1-6-7(25)2-22(21(34)35,40-17(6)11(27)8(26)3-23)36-5-10-12(28)13(29)16(32)20(38-10)39-18-9(4-24)37-19(33)15(31)14(18)30/h6-20,23-33H,2-5H2,1H3,(H,34,35)/t6-,7-,8-,9?,10?,11-,12+,13+,14-,15?,16?,17?,18-,19?,20+,22-/m1/s1. The van der Waals surface area contributed by atoms with Crippen molar-refractivity contribution in [3.05, 3.63) is 0 Å². The van der Waals surface area contributed by atoms with Crippen molar-refractivity contribution >= 4 is 5.97 Å². The van der Waals surface area contributed by atoms with E-state index in [1.54, 1.807) is 0 Å². The Balaban J connectivity index is 1.77. The molecule has 3 aliphatic heterocycles. The number of aliphatic hydroxyl groups excluding tert-OH is 11. The highest BCUT2D eigenvalue weighted by Crippen LogP contribution is 2.37. The van der Waals surface area contributed by atoms with Gasteiger partial charge in [0.25, 0.3) is 5.79 Å². The van der Waals surface area contributed by atoms with Gasteiger partial charge in [0.15, 0.2) is 12.6 Å². The third kappa shape index (κ3) is 6.57. The minimum Gasteiger partial charge on any atom is -0.477 e. The number of carbonyl (C=O) groups is 1. The topological polar surface area (TPSA) is 306 Å². The molecule has 3 fully saturated rings. The molecule has 3 heterocycles. The van der Waals surface area contributed by atoms with E-state index in [9.17, 15) is 61.0 Å². The van der Waals surface area contributed by atoms with Crippen LogP contribution in [-0.2, 0) is 28.5 Å². The molecule has 18 nitrogen and oxygen atoms in total. The molecule has 16 atom stereocenters. The molecule has 0 spiro atoms. The van der Waals surface area contributed by atoms with Gasteiger partial charge in [0.05, 0.1) is 32.0 Å². The molecule has 0 aromatic carbocycles. The van der Waals surface area contributed by atoms with E-state index in [1.165, 1.54) is 6.92 Å². The summed E-state index contributed by atoms with van der Waals surface area (Å²) < 4.78 is 26.7. The monoisotopic (exact) mass is 590 g/mol. The summed E-state index contributed by atoms with van der Waals surface area (Å²) in [6, 6.07) is 0. The lowest BCUT2D eigenvalue weighted by molar-refractivity contribution is -0.365. The summed E-state index contributed by atoms with van der Waals surface area (Å²) in [4.78, 5) is 12.2. The van der Waals surface area contributed by atoms with Crippen molar-refractivity contribution in [1.29, 1.82) is 0 Å². The number of carboxylic acid groups (broad SMARTS) is 1. The highest BCUT2D eigenvalue weighted by molar-refractivity contribution is 5.76. The predicted octanol–water partition coefficient (Wildman–Crippen LogP) is -7.09. The average molecular weight is 591 g/mol. The minimum absolute atomic E-state index is 0.681. The zero-order chi connectivity index (χ0) is 30.1. The fourth-order valence-electron chi connectivity index (χ4n) is 4.83. The van der Waals surface area contributed by atoms with Gasteiger partial charge in [0, 0.05) is 12.3 Å². The fourth-order valence-corrected chi connectivity index (χ4v) is 4.83. The third-order valence-electron chi connectivity index (χ3n) is 7.45. The molecule has 234 valence electrons. The molecule has 0 saturated carbocycles. The Morgan fingerprint density at radius 1 is 0.925 bits per heavy atom. The molecule has 0 aromatic heterocycles. The smallest absolute Gasteiger partial charge is 0.364 e. The van der Waals surface area contributed by atoms with Crippen LogP contribution >= 0.6 is 0 Å². The van der Waals surface area contributed by atoms with Crippen molar-refractivity contribution in [3.8, 4) is 0 Å². The van der Waals surface area contributed by atoms with Crippen molar-refractivity contribution in [2.45, 2.75) is 105 Å². The van der Waals surface area contributed by atoms with Gasteiger partial charge in [-0.25, -0.2) is 4.79 Å². The molecule has 18 heteroatoms. The van der Waals surface area contributed by atoms with Crippen LogP contribution in [0.25, 0.3) is 0 Å². The summed E-state index contributed by atoms with van der Waals surface area (Å²) in [7, 11) is 0. The second-order valence-electron chi connectivity index (χ2n) is 10.2. The third-order valence-corrected chi connectivity index (χ3v) is 7.45. The second-order valence-corrected chi connectivity index (χ2v) is 10.2. The molecule has 3 saturated heterocycles. The lowest BCUT2D eigenvalue weighted by atomic mass is 9.84. The average Bonchev–Trinajstić information content (AvgIpc) is 2.93. The highest BCUT2D eigenvalue weighted by atomic mass is 16.8. The van der Waals surface area contributed by atoms with Crippen molar-refractivity contribution in [3.63, 3.8) is 0 Å². The summed E-state index contributed by atoms with van der Waals surface area (Å²) in [6.07, 6.45) is -25.3. The molecule has 0 aromatic rings. The fraction of sp³-hybridized carbons (Fsp3) is 0.955. The van der Waals surface area contributed by atoms with Crippen LogP contribution in [0.5, 0.6) is 0 Å². The van der Waals surface area contributed by atoms with Gasteiger partial charge in [-0.1, -0.05) is 6.92 Å². The number of aliphatic hydroxyl groups is 11.